The molecular formula is C24H19F2N3O3. The maximum atomic E-state index is 13.6. The zero-order valence-corrected chi connectivity index (χ0v) is 17.0. The van der Waals surface area contributed by atoms with Gasteiger partial charge in [0.1, 0.15) is 0 Å². The Labute approximate surface area is 182 Å². The maximum Gasteiger partial charge on any atom is 0.338 e. The van der Waals surface area contributed by atoms with E-state index in [1.807, 2.05) is 6.07 Å². The van der Waals surface area contributed by atoms with Crippen molar-refractivity contribution in [1.29, 1.82) is 0 Å². The number of hydrogen-bond acceptors (Lipinski definition) is 4. The third-order valence-corrected chi connectivity index (χ3v) is 4.88. The molecule has 0 saturated heterocycles. The summed E-state index contributed by atoms with van der Waals surface area (Å²) in [4.78, 5) is 29.0. The van der Waals surface area contributed by atoms with Gasteiger partial charge >= 0.3 is 12.5 Å². The van der Waals surface area contributed by atoms with Crippen LogP contribution in [0.25, 0.3) is 11.0 Å². The zero-order valence-electron chi connectivity index (χ0n) is 17.0. The summed E-state index contributed by atoms with van der Waals surface area (Å²) in [7, 11) is 0. The fourth-order valence-corrected chi connectivity index (χ4v) is 3.32. The second-order valence-corrected chi connectivity index (χ2v) is 7.05. The number of ether oxygens (including phenoxy) is 1. The predicted octanol–water partition coefficient (Wildman–Crippen LogP) is 5.60. The van der Waals surface area contributed by atoms with E-state index in [0.29, 0.717) is 16.8 Å². The summed E-state index contributed by atoms with van der Waals surface area (Å²) >= 11 is 0. The molecule has 1 amide bonds. The number of para-hydroxylation sites is 2. The van der Waals surface area contributed by atoms with Gasteiger partial charge in [0.2, 0.25) is 0 Å². The van der Waals surface area contributed by atoms with Gasteiger partial charge in [0, 0.05) is 11.3 Å². The monoisotopic (exact) mass is 435 g/mol. The maximum absolute atomic E-state index is 13.6. The minimum absolute atomic E-state index is 0.0405. The SMILES string of the molecule is CC(OC(=O)c1ccc(NC(=O)c2ccccc2)cc1)c1nc2ccccc2n1C(F)F. The molecule has 1 unspecified atom stereocenters. The number of halogens is 2. The minimum atomic E-state index is -2.83. The van der Waals surface area contributed by atoms with Gasteiger partial charge in [-0.1, -0.05) is 30.3 Å². The van der Waals surface area contributed by atoms with Crippen molar-refractivity contribution in [3.05, 3.63) is 95.8 Å². The molecule has 0 aliphatic carbocycles. The normalized spacial score (nSPS) is 12.0. The fourth-order valence-electron chi connectivity index (χ4n) is 3.32. The Balaban J connectivity index is 1.47. The van der Waals surface area contributed by atoms with Gasteiger partial charge < -0.3 is 10.1 Å². The average Bonchev–Trinajstić information content (AvgIpc) is 3.20. The molecule has 0 radical (unpaired) electrons. The molecule has 1 N–H and O–H groups in total. The summed E-state index contributed by atoms with van der Waals surface area (Å²) in [6.45, 7) is -1.34. The summed E-state index contributed by atoms with van der Waals surface area (Å²) in [5, 5.41) is 2.74. The number of alkyl halides is 2. The largest absolute Gasteiger partial charge is 0.451 e. The number of benzene rings is 3. The Kier molecular flexibility index (Phi) is 5.93. The molecule has 0 spiro atoms. The summed E-state index contributed by atoms with van der Waals surface area (Å²) < 4.78 is 33.4. The first kappa shape index (κ1) is 21.2. The average molecular weight is 435 g/mol. The van der Waals surface area contributed by atoms with Crippen LogP contribution in [-0.2, 0) is 4.74 Å². The summed E-state index contributed by atoms with van der Waals surface area (Å²) in [6, 6.07) is 21.3. The van der Waals surface area contributed by atoms with Crippen molar-refractivity contribution >= 4 is 28.6 Å². The van der Waals surface area contributed by atoms with Crippen molar-refractivity contribution in [3.8, 4) is 0 Å². The number of imidazole rings is 1. The Hall–Kier alpha value is -4.07. The number of anilines is 1. The molecule has 0 aliphatic heterocycles. The molecule has 6 nitrogen and oxygen atoms in total. The quantitative estimate of drug-likeness (QED) is 0.400. The lowest BCUT2D eigenvalue weighted by Crippen LogP contribution is -2.15. The number of esters is 1. The molecule has 0 saturated carbocycles. The van der Waals surface area contributed by atoms with Crippen molar-refractivity contribution in [2.45, 2.75) is 19.6 Å². The summed E-state index contributed by atoms with van der Waals surface area (Å²) in [6.07, 6.45) is -0.999. The van der Waals surface area contributed by atoms with Crippen molar-refractivity contribution in [1.82, 2.24) is 9.55 Å². The van der Waals surface area contributed by atoms with Gasteiger partial charge in [0.05, 0.1) is 16.6 Å². The Morgan fingerprint density at radius 3 is 2.25 bits per heavy atom. The van der Waals surface area contributed by atoms with Crippen molar-refractivity contribution in [2.24, 2.45) is 0 Å². The number of nitrogens with zero attached hydrogens (tertiary/aromatic N) is 2. The first-order chi connectivity index (χ1) is 15.4. The molecule has 0 aliphatic rings. The third-order valence-electron chi connectivity index (χ3n) is 4.88. The second kappa shape index (κ2) is 8.97. The lowest BCUT2D eigenvalue weighted by Gasteiger charge is -2.15. The topological polar surface area (TPSA) is 73.2 Å². The van der Waals surface area contributed by atoms with Gasteiger partial charge in [-0.2, -0.15) is 8.78 Å². The number of rotatable bonds is 6. The smallest absolute Gasteiger partial charge is 0.338 e. The highest BCUT2D eigenvalue weighted by Crippen LogP contribution is 2.28. The zero-order chi connectivity index (χ0) is 22.7. The standard InChI is InChI=1S/C24H19F2N3O3/c1-15(21-28-19-9-5-6-10-20(19)29(21)24(25)26)32-23(31)17-11-13-18(14-12-17)27-22(30)16-7-3-2-4-8-16/h2-15,24H,1H3,(H,27,30). The van der Waals surface area contributed by atoms with Crippen LogP contribution >= 0.6 is 0 Å². The van der Waals surface area contributed by atoms with Gasteiger partial charge in [-0.15, -0.1) is 0 Å². The van der Waals surface area contributed by atoms with E-state index in [2.05, 4.69) is 10.3 Å². The molecular weight excluding hydrogens is 416 g/mol. The van der Waals surface area contributed by atoms with Crippen LogP contribution in [0.15, 0.2) is 78.9 Å². The van der Waals surface area contributed by atoms with Crippen LogP contribution in [0, 0.1) is 0 Å². The van der Waals surface area contributed by atoms with Crippen LogP contribution in [0.2, 0.25) is 0 Å². The first-order valence-electron chi connectivity index (χ1n) is 9.86. The fraction of sp³-hybridized carbons (Fsp3) is 0.125. The van der Waals surface area contributed by atoms with E-state index in [0.717, 1.165) is 4.57 Å². The van der Waals surface area contributed by atoms with E-state index in [9.17, 15) is 18.4 Å². The Bertz CT molecular complexity index is 1250. The number of hydrogen-bond donors (Lipinski definition) is 1. The molecule has 4 aromatic rings. The van der Waals surface area contributed by atoms with Crippen LogP contribution in [0.4, 0.5) is 14.5 Å². The number of amides is 1. The number of nitrogens with one attached hydrogen (secondary N) is 1. The van der Waals surface area contributed by atoms with Crippen LogP contribution in [0.5, 0.6) is 0 Å². The van der Waals surface area contributed by atoms with Crippen molar-refractivity contribution < 1.29 is 23.1 Å². The molecule has 1 atom stereocenters. The van der Waals surface area contributed by atoms with Crippen molar-refractivity contribution in [2.75, 3.05) is 5.32 Å². The highest BCUT2D eigenvalue weighted by atomic mass is 19.3. The predicted molar refractivity (Wildman–Crippen MR) is 116 cm³/mol. The number of aromatic nitrogens is 2. The molecule has 0 bridgehead atoms. The number of carbonyl (C=O) groups is 2. The molecule has 0 fully saturated rings. The molecule has 162 valence electrons. The second-order valence-electron chi connectivity index (χ2n) is 7.05. The van der Waals surface area contributed by atoms with E-state index < -0.39 is 18.6 Å². The Morgan fingerprint density at radius 1 is 0.906 bits per heavy atom. The highest BCUT2D eigenvalue weighted by molar-refractivity contribution is 6.04. The van der Waals surface area contributed by atoms with E-state index in [4.69, 9.17) is 4.74 Å². The number of fused-ring (bicyclic) bond motifs is 1. The molecule has 4 rings (SSSR count). The van der Waals surface area contributed by atoms with Crippen LogP contribution in [-0.4, -0.2) is 21.4 Å². The molecule has 8 heteroatoms. The van der Waals surface area contributed by atoms with Gasteiger partial charge in [0.15, 0.2) is 11.9 Å². The minimum Gasteiger partial charge on any atom is -0.451 e. The molecule has 1 heterocycles. The Morgan fingerprint density at radius 2 is 1.56 bits per heavy atom. The third kappa shape index (κ3) is 4.34. The number of carbonyl (C=O) groups excluding carboxylic acids is 2. The lowest BCUT2D eigenvalue weighted by molar-refractivity contribution is 0.0233. The van der Waals surface area contributed by atoms with E-state index in [1.54, 1.807) is 54.6 Å². The summed E-state index contributed by atoms with van der Waals surface area (Å²) in [5.74, 6) is -1.01. The van der Waals surface area contributed by atoms with Crippen LogP contribution in [0.3, 0.4) is 0 Å². The van der Waals surface area contributed by atoms with E-state index in [-0.39, 0.29) is 22.8 Å². The molecule has 3 aromatic carbocycles. The van der Waals surface area contributed by atoms with Gasteiger partial charge in [0.25, 0.3) is 5.91 Å². The van der Waals surface area contributed by atoms with E-state index >= 15 is 0 Å². The lowest BCUT2D eigenvalue weighted by atomic mass is 10.2. The van der Waals surface area contributed by atoms with E-state index in [1.165, 1.54) is 25.1 Å². The molecule has 1 aromatic heterocycles. The van der Waals surface area contributed by atoms with Gasteiger partial charge in [-0.05, 0) is 55.5 Å². The van der Waals surface area contributed by atoms with Crippen LogP contribution < -0.4 is 5.32 Å². The van der Waals surface area contributed by atoms with Gasteiger partial charge in [-0.25, -0.2) is 9.78 Å². The highest BCUT2D eigenvalue weighted by Gasteiger charge is 2.24. The summed E-state index contributed by atoms with van der Waals surface area (Å²) in [5.41, 5.74) is 1.88. The van der Waals surface area contributed by atoms with Crippen LogP contribution in [0.1, 0.15) is 46.1 Å². The van der Waals surface area contributed by atoms with Gasteiger partial charge in [-0.3, -0.25) is 9.36 Å². The van der Waals surface area contributed by atoms with Crippen molar-refractivity contribution in [3.63, 3.8) is 0 Å². The first-order valence-corrected chi connectivity index (χ1v) is 9.86. The molecule has 32 heavy (non-hydrogen) atoms.